The van der Waals surface area contributed by atoms with Gasteiger partial charge < -0.3 is 14.7 Å². The first kappa shape index (κ1) is 9.98. The van der Waals surface area contributed by atoms with Crippen molar-refractivity contribution in [3.63, 3.8) is 0 Å². The van der Waals surface area contributed by atoms with E-state index in [1.165, 1.54) is 0 Å². The minimum Gasteiger partial charge on any atom is -0.508 e. The van der Waals surface area contributed by atoms with Crippen molar-refractivity contribution in [2.45, 2.75) is 19.7 Å². The molecule has 1 heterocycles. The summed E-state index contributed by atoms with van der Waals surface area (Å²) >= 11 is 0. The van der Waals surface area contributed by atoms with Crippen LogP contribution in [0.15, 0.2) is 18.2 Å². The van der Waals surface area contributed by atoms with Crippen molar-refractivity contribution < 1.29 is 14.6 Å². The monoisotopic (exact) mass is 207 g/mol. The maximum absolute atomic E-state index is 11.9. The van der Waals surface area contributed by atoms with Crippen LogP contribution in [0, 0.1) is 0 Å². The minimum absolute atomic E-state index is 0.0877. The molecule has 1 aliphatic rings. The molecule has 4 nitrogen and oxygen atoms in total. The number of rotatable bonds is 2. The summed E-state index contributed by atoms with van der Waals surface area (Å²) in [7, 11) is 1.56. The normalized spacial score (nSPS) is 16.7. The van der Waals surface area contributed by atoms with Crippen LogP contribution in [0.25, 0.3) is 0 Å². The fraction of sp³-hybridized carbons (Fsp3) is 0.364. The molecule has 2 rings (SSSR count). The van der Waals surface area contributed by atoms with Crippen molar-refractivity contribution in [1.29, 1.82) is 0 Å². The molecule has 1 aliphatic heterocycles. The highest BCUT2D eigenvalue weighted by Crippen LogP contribution is 2.30. The second kappa shape index (κ2) is 3.55. The van der Waals surface area contributed by atoms with Gasteiger partial charge in [0.2, 0.25) is 0 Å². The largest absolute Gasteiger partial charge is 0.508 e. The molecule has 15 heavy (non-hydrogen) atoms. The number of fused-ring (bicyclic) bond motifs is 1. The van der Waals surface area contributed by atoms with Crippen molar-refractivity contribution in [3.05, 3.63) is 29.3 Å². The van der Waals surface area contributed by atoms with Crippen LogP contribution in [0.4, 0.5) is 0 Å². The van der Waals surface area contributed by atoms with Crippen molar-refractivity contribution in [3.8, 4) is 5.75 Å². The number of methoxy groups -OCH3 is 1. The van der Waals surface area contributed by atoms with Crippen LogP contribution >= 0.6 is 0 Å². The predicted molar refractivity (Wildman–Crippen MR) is 54.5 cm³/mol. The number of aromatic hydroxyl groups is 1. The van der Waals surface area contributed by atoms with Gasteiger partial charge in [-0.05, 0) is 19.1 Å². The number of phenols is 1. The summed E-state index contributed by atoms with van der Waals surface area (Å²) in [5, 5.41) is 9.60. The van der Waals surface area contributed by atoms with Crippen LogP contribution < -0.4 is 0 Å². The van der Waals surface area contributed by atoms with Crippen molar-refractivity contribution in [1.82, 2.24) is 4.90 Å². The fourth-order valence-corrected chi connectivity index (χ4v) is 1.76. The van der Waals surface area contributed by atoms with Crippen LogP contribution in [0.5, 0.6) is 5.75 Å². The molecule has 1 atom stereocenters. The number of hydrogen-bond acceptors (Lipinski definition) is 3. The maximum Gasteiger partial charge on any atom is 0.256 e. The molecule has 0 saturated heterocycles. The van der Waals surface area contributed by atoms with Gasteiger partial charge in [-0.3, -0.25) is 4.79 Å². The maximum atomic E-state index is 11.9. The predicted octanol–water partition coefficient (Wildman–Crippen LogP) is 1.34. The quantitative estimate of drug-likeness (QED) is 0.796. The van der Waals surface area contributed by atoms with Gasteiger partial charge in [-0.2, -0.15) is 0 Å². The molecule has 80 valence electrons. The summed E-state index contributed by atoms with van der Waals surface area (Å²) in [5.41, 5.74) is 1.25. The molecule has 0 spiro atoms. The molecule has 1 N–H and O–H groups in total. The molecule has 1 aromatic rings. The summed E-state index contributed by atoms with van der Waals surface area (Å²) in [5.74, 6) is 0.0851. The van der Waals surface area contributed by atoms with Gasteiger partial charge in [-0.1, -0.05) is 6.07 Å². The summed E-state index contributed by atoms with van der Waals surface area (Å²) in [6, 6.07) is 4.99. The standard InChI is InChI=1S/C11H13NO3/c1-7(15-2)12-6-9-8(11(12)14)4-3-5-10(9)13/h3-5,7,13H,6H2,1-2H3. The zero-order valence-corrected chi connectivity index (χ0v) is 8.73. The van der Waals surface area contributed by atoms with Crippen molar-refractivity contribution in [2.75, 3.05) is 7.11 Å². The van der Waals surface area contributed by atoms with Crippen LogP contribution in [-0.2, 0) is 11.3 Å². The number of carbonyl (C=O) groups is 1. The van der Waals surface area contributed by atoms with Crippen LogP contribution in [0.3, 0.4) is 0 Å². The van der Waals surface area contributed by atoms with Crippen LogP contribution in [0.1, 0.15) is 22.8 Å². The van der Waals surface area contributed by atoms with E-state index in [4.69, 9.17) is 4.74 Å². The SMILES string of the molecule is COC(C)N1Cc2c(O)cccc2C1=O. The van der Waals surface area contributed by atoms with Gasteiger partial charge in [-0.25, -0.2) is 0 Å². The van der Waals surface area contributed by atoms with Gasteiger partial charge in [0.05, 0.1) is 6.54 Å². The Bertz CT molecular complexity index is 403. The first-order valence-corrected chi connectivity index (χ1v) is 4.79. The lowest BCUT2D eigenvalue weighted by Crippen LogP contribution is -2.34. The van der Waals surface area contributed by atoms with E-state index in [-0.39, 0.29) is 17.9 Å². The van der Waals surface area contributed by atoms with E-state index in [1.807, 2.05) is 0 Å². The number of benzene rings is 1. The van der Waals surface area contributed by atoms with Crippen LogP contribution in [0.2, 0.25) is 0 Å². The third-order valence-corrected chi connectivity index (χ3v) is 2.75. The number of carbonyl (C=O) groups excluding carboxylic acids is 1. The highest BCUT2D eigenvalue weighted by Gasteiger charge is 2.32. The average Bonchev–Trinajstić information content (AvgIpc) is 2.57. The first-order chi connectivity index (χ1) is 7.15. The lowest BCUT2D eigenvalue weighted by Gasteiger charge is -2.22. The van der Waals surface area contributed by atoms with E-state index in [9.17, 15) is 9.90 Å². The fourth-order valence-electron chi connectivity index (χ4n) is 1.76. The lowest BCUT2D eigenvalue weighted by molar-refractivity contribution is -0.00875. The lowest BCUT2D eigenvalue weighted by atomic mass is 10.1. The van der Waals surface area contributed by atoms with E-state index in [2.05, 4.69) is 0 Å². The Kier molecular flexibility index (Phi) is 2.36. The molecule has 0 saturated carbocycles. The molecule has 0 fully saturated rings. The number of phenolic OH excluding ortho intramolecular Hbond substituents is 1. The molecule has 1 unspecified atom stereocenters. The average molecular weight is 207 g/mol. The first-order valence-electron chi connectivity index (χ1n) is 4.79. The third-order valence-electron chi connectivity index (χ3n) is 2.75. The molecule has 4 heteroatoms. The van der Waals surface area contributed by atoms with Crippen LogP contribution in [-0.4, -0.2) is 29.3 Å². The number of amides is 1. The Morgan fingerprint density at radius 2 is 2.27 bits per heavy atom. The van der Waals surface area contributed by atoms with Gasteiger partial charge in [-0.15, -0.1) is 0 Å². The van der Waals surface area contributed by atoms with Crippen molar-refractivity contribution in [2.24, 2.45) is 0 Å². The smallest absolute Gasteiger partial charge is 0.256 e. The van der Waals surface area contributed by atoms with Gasteiger partial charge in [0.15, 0.2) is 0 Å². The molecule has 1 aromatic carbocycles. The van der Waals surface area contributed by atoms with Gasteiger partial charge in [0, 0.05) is 18.2 Å². The zero-order valence-electron chi connectivity index (χ0n) is 8.73. The Hall–Kier alpha value is -1.55. The molecule has 0 bridgehead atoms. The highest BCUT2D eigenvalue weighted by atomic mass is 16.5. The van der Waals surface area contributed by atoms with E-state index in [0.717, 1.165) is 0 Å². The molecule has 0 aromatic heterocycles. The van der Waals surface area contributed by atoms with E-state index < -0.39 is 0 Å². The Labute approximate surface area is 88.1 Å². The van der Waals surface area contributed by atoms with E-state index in [0.29, 0.717) is 17.7 Å². The third kappa shape index (κ3) is 1.47. The Morgan fingerprint density at radius 1 is 1.53 bits per heavy atom. The van der Waals surface area contributed by atoms with Gasteiger partial charge in [0.25, 0.3) is 5.91 Å². The summed E-state index contributed by atoms with van der Waals surface area (Å²) in [6.45, 7) is 2.22. The summed E-state index contributed by atoms with van der Waals surface area (Å²) < 4.78 is 5.10. The number of nitrogens with zero attached hydrogens (tertiary/aromatic N) is 1. The molecular formula is C11H13NO3. The van der Waals surface area contributed by atoms with Gasteiger partial charge in [0.1, 0.15) is 12.0 Å². The van der Waals surface area contributed by atoms with Crippen molar-refractivity contribution >= 4 is 5.91 Å². The zero-order chi connectivity index (χ0) is 11.0. The van der Waals surface area contributed by atoms with E-state index in [1.54, 1.807) is 37.1 Å². The second-order valence-electron chi connectivity index (χ2n) is 3.57. The Balaban J connectivity index is 2.37. The molecular weight excluding hydrogens is 194 g/mol. The molecule has 0 aliphatic carbocycles. The Morgan fingerprint density at radius 3 is 2.87 bits per heavy atom. The summed E-state index contributed by atoms with van der Waals surface area (Å²) in [6.07, 6.45) is -0.274. The topological polar surface area (TPSA) is 49.8 Å². The second-order valence-corrected chi connectivity index (χ2v) is 3.57. The van der Waals surface area contributed by atoms with Gasteiger partial charge >= 0.3 is 0 Å². The molecule has 0 radical (unpaired) electrons. The summed E-state index contributed by atoms with van der Waals surface area (Å²) in [4.78, 5) is 13.5. The molecule has 1 amide bonds. The van der Waals surface area contributed by atoms with E-state index >= 15 is 0 Å². The minimum atomic E-state index is -0.274. The number of ether oxygens (including phenoxy) is 1. The number of hydrogen-bond donors (Lipinski definition) is 1. The highest BCUT2D eigenvalue weighted by molar-refractivity contribution is 5.99.